The van der Waals surface area contributed by atoms with E-state index in [0.29, 0.717) is 24.3 Å². The predicted octanol–water partition coefficient (Wildman–Crippen LogP) is 3.18. The van der Waals surface area contributed by atoms with Crippen molar-refractivity contribution in [3.05, 3.63) is 41.2 Å². The van der Waals surface area contributed by atoms with Crippen LogP contribution in [0.1, 0.15) is 28.2 Å². The standard InChI is InChI=1S/C19H21F3N4O/c1-12-15(17(27)26-7-6-18(11-26)9-25(2)10-18)24-16(23-12)13-4-3-5-14(8-13)19(20,21)22/h3-5,8H,6-7,9-11H2,1-2H3,(H,23,24). The molecule has 5 nitrogen and oxygen atoms in total. The Morgan fingerprint density at radius 3 is 2.67 bits per heavy atom. The number of carbonyl (C=O) groups is 1. The van der Waals surface area contributed by atoms with Crippen LogP contribution in [0.25, 0.3) is 11.4 Å². The average molecular weight is 378 g/mol. The molecule has 0 aliphatic carbocycles. The van der Waals surface area contributed by atoms with Gasteiger partial charge in [-0.1, -0.05) is 12.1 Å². The van der Waals surface area contributed by atoms with Crippen molar-refractivity contribution in [2.45, 2.75) is 19.5 Å². The molecular weight excluding hydrogens is 357 g/mol. The van der Waals surface area contributed by atoms with E-state index in [1.807, 2.05) is 4.90 Å². The normalized spacial score (nSPS) is 19.5. The fraction of sp³-hybridized carbons (Fsp3) is 0.474. The first-order valence-electron chi connectivity index (χ1n) is 8.89. The second kappa shape index (κ2) is 6.09. The third-order valence-corrected chi connectivity index (χ3v) is 5.49. The van der Waals surface area contributed by atoms with Crippen molar-refractivity contribution >= 4 is 5.91 Å². The number of imidazole rings is 1. The highest BCUT2D eigenvalue weighted by atomic mass is 19.4. The summed E-state index contributed by atoms with van der Waals surface area (Å²) in [5, 5.41) is 0. The summed E-state index contributed by atoms with van der Waals surface area (Å²) in [4.78, 5) is 24.2. The van der Waals surface area contributed by atoms with Crippen LogP contribution in [0.15, 0.2) is 24.3 Å². The third kappa shape index (κ3) is 3.22. The van der Waals surface area contributed by atoms with Crippen LogP contribution in [0.2, 0.25) is 0 Å². The van der Waals surface area contributed by atoms with Crippen molar-refractivity contribution in [3.63, 3.8) is 0 Å². The number of alkyl halides is 3. The summed E-state index contributed by atoms with van der Waals surface area (Å²) < 4.78 is 38.8. The van der Waals surface area contributed by atoms with Crippen molar-refractivity contribution < 1.29 is 18.0 Å². The molecule has 2 aromatic rings. The number of hydrogen-bond donors (Lipinski definition) is 1. The minimum Gasteiger partial charge on any atom is -0.341 e. The zero-order valence-electron chi connectivity index (χ0n) is 15.2. The van der Waals surface area contributed by atoms with Crippen LogP contribution in [-0.2, 0) is 6.18 Å². The van der Waals surface area contributed by atoms with E-state index in [9.17, 15) is 18.0 Å². The van der Waals surface area contributed by atoms with Crippen LogP contribution in [0.4, 0.5) is 13.2 Å². The number of likely N-dealkylation sites (tertiary alicyclic amines) is 2. The lowest BCUT2D eigenvalue weighted by molar-refractivity contribution is -0.137. The fourth-order valence-corrected chi connectivity index (χ4v) is 4.26. The van der Waals surface area contributed by atoms with Gasteiger partial charge in [-0.15, -0.1) is 0 Å². The van der Waals surface area contributed by atoms with Crippen molar-refractivity contribution in [2.75, 3.05) is 33.2 Å². The molecule has 2 fully saturated rings. The van der Waals surface area contributed by atoms with E-state index >= 15 is 0 Å². The topological polar surface area (TPSA) is 52.2 Å². The van der Waals surface area contributed by atoms with Gasteiger partial charge in [0.1, 0.15) is 11.5 Å². The van der Waals surface area contributed by atoms with E-state index in [4.69, 9.17) is 0 Å². The zero-order valence-corrected chi connectivity index (χ0v) is 15.2. The number of nitrogens with one attached hydrogen (secondary N) is 1. The Bertz CT molecular complexity index is 883. The van der Waals surface area contributed by atoms with E-state index in [0.717, 1.165) is 31.6 Å². The van der Waals surface area contributed by atoms with Crippen molar-refractivity contribution in [1.82, 2.24) is 19.8 Å². The number of aromatic amines is 1. The summed E-state index contributed by atoms with van der Waals surface area (Å²) in [6.07, 6.45) is -3.44. The molecule has 0 saturated carbocycles. The molecule has 0 unspecified atom stereocenters. The lowest BCUT2D eigenvalue weighted by Gasteiger charge is -2.46. The van der Waals surface area contributed by atoms with Crippen LogP contribution in [0.5, 0.6) is 0 Å². The first-order chi connectivity index (χ1) is 12.7. The predicted molar refractivity (Wildman–Crippen MR) is 94.2 cm³/mol. The van der Waals surface area contributed by atoms with Gasteiger partial charge in [-0.2, -0.15) is 13.2 Å². The molecule has 2 aliphatic heterocycles. The molecule has 144 valence electrons. The van der Waals surface area contributed by atoms with Gasteiger partial charge in [-0.3, -0.25) is 4.79 Å². The van der Waals surface area contributed by atoms with Gasteiger partial charge < -0.3 is 14.8 Å². The van der Waals surface area contributed by atoms with Crippen LogP contribution in [0, 0.1) is 12.3 Å². The Labute approximate surface area is 155 Å². The smallest absolute Gasteiger partial charge is 0.341 e. The first kappa shape index (κ1) is 18.0. The van der Waals surface area contributed by atoms with Gasteiger partial charge >= 0.3 is 6.18 Å². The van der Waals surface area contributed by atoms with Crippen LogP contribution < -0.4 is 0 Å². The lowest BCUT2D eigenvalue weighted by atomic mass is 9.79. The number of benzene rings is 1. The molecule has 27 heavy (non-hydrogen) atoms. The van der Waals surface area contributed by atoms with Crippen LogP contribution in [0.3, 0.4) is 0 Å². The molecule has 2 aliphatic rings. The number of halogens is 3. The second-order valence-corrected chi connectivity index (χ2v) is 7.79. The van der Waals surface area contributed by atoms with E-state index < -0.39 is 11.7 Å². The average Bonchev–Trinajstić information content (AvgIpc) is 3.18. The second-order valence-electron chi connectivity index (χ2n) is 7.79. The molecule has 0 radical (unpaired) electrons. The number of carbonyl (C=O) groups excluding carboxylic acids is 1. The number of nitrogens with zero attached hydrogens (tertiary/aromatic N) is 3. The van der Waals surface area contributed by atoms with Gasteiger partial charge in [0.2, 0.25) is 0 Å². The summed E-state index contributed by atoms with van der Waals surface area (Å²) in [6, 6.07) is 4.96. The summed E-state index contributed by atoms with van der Waals surface area (Å²) in [5.74, 6) is 0.118. The molecule has 1 N–H and O–H groups in total. The number of aryl methyl sites for hydroxylation is 1. The van der Waals surface area contributed by atoms with E-state index in [1.165, 1.54) is 6.07 Å². The van der Waals surface area contributed by atoms with Crippen molar-refractivity contribution in [3.8, 4) is 11.4 Å². The molecule has 3 heterocycles. The van der Waals surface area contributed by atoms with E-state index in [-0.39, 0.29) is 22.8 Å². The van der Waals surface area contributed by atoms with E-state index in [2.05, 4.69) is 21.9 Å². The number of amides is 1. The molecular formula is C19H21F3N4O. The van der Waals surface area contributed by atoms with Gasteiger partial charge in [0, 0.05) is 42.9 Å². The first-order valence-corrected chi connectivity index (χ1v) is 8.89. The highest BCUT2D eigenvalue weighted by Gasteiger charge is 2.47. The summed E-state index contributed by atoms with van der Waals surface area (Å²) in [6.45, 7) is 5.11. The maximum absolute atomic E-state index is 12.9. The fourth-order valence-electron chi connectivity index (χ4n) is 4.26. The van der Waals surface area contributed by atoms with Crippen molar-refractivity contribution in [1.29, 1.82) is 0 Å². The SMILES string of the molecule is Cc1[nH]c(-c2cccc(C(F)(F)F)c2)nc1C(=O)N1CCC2(CN(C)C2)C1. The number of H-pyrrole nitrogens is 1. The summed E-state index contributed by atoms with van der Waals surface area (Å²) in [7, 11) is 2.06. The zero-order chi connectivity index (χ0) is 19.4. The molecule has 1 amide bonds. The minimum absolute atomic E-state index is 0.159. The highest BCUT2D eigenvalue weighted by molar-refractivity contribution is 5.94. The molecule has 2 saturated heterocycles. The number of hydrogen-bond acceptors (Lipinski definition) is 3. The number of aromatic nitrogens is 2. The van der Waals surface area contributed by atoms with E-state index in [1.54, 1.807) is 13.0 Å². The van der Waals surface area contributed by atoms with Gasteiger partial charge in [-0.05, 0) is 32.5 Å². The van der Waals surface area contributed by atoms with Gasteiger partial charge in [-0.25, -0.2) is 4.98 Å². The Morgan fingerprint density at radius 1 is 1.26 bits per heavy atom. The Kier molecular flexibility index (Phi) is 4.06. The van der Waals surface area contributed by atoms with Gasteiger partial charge in [0.25, 0.3) is 5.91 Å². The quantitative estimate of drug-likeness (QED) is 0.873. The van der Waals surface area contributed by atoms with Crippen molar-refractivity contribution in [2.24, 2.45) is 5.41 Å². The Morgan fingerprint density at radius 2 is 2.00 bits per heavy atom. The van der Waals surface area contributed by atoms with Gasteiger partial charge in [0.05, 0.1) is 5.56 Å². The minimum atomic E-state index is -4.42. The Balaban J connectivity index is 1.56. The Hall–Kier alpha value is -2.35. The van der Waals surface area contributed by atoms with Crippen LogP contribution >= 0.6 is 0 Å². The largest absolute Gasteiger partial charge is 0.416 e. The molecule has 4 rings (SSSR count). The van der Waals surface area contributed by atoms with Gasteiger partial charge in [0.15, 0.2) is 0 Å². The molecule has 0 atom stereocenters. The summed E-state index contributed by atoms with van der Waals surface area (Å²) in [5.41, 5.74) is 0.618. The molecule has 0 bridgehead atoms. The number of rotatable bonds is 2. The molecule has 1 aromatic carbocycles. The summed E-state index contributed by atoms with van der Waals surface area (Å²) >= 11 is 0. The molecule has 1 spiro atoms. The maximum Gasteiger partial charge on any atom is 0.416 e. The maximum atomic E-state index is 12.9. The highest BCUT2D eigenvalue weighted by Crippen LogP contribution is 2.39. The monoisotopic (exact) mass is 378 g/mol. The molecule has 1 aromatic heterocycles. The lowest BCUT2D eigenvalue weighted by Crippen LogP contribution is -2.55. The molecule has 8 heteroatoms. The third-order valence-electron chi connectivity index (χ3n) is 5.49. The van der Waals surface area contributed by atoms with Crippen LogP contribution in [-0.4, -0.2) is 58.9 Å².